The number of alkyl halides is 3. The van der Waals surface area contributed by atoms with Crippen molar-refractivity contribution < 1.29 is 30.8 Å². The second-order valence-electron chi connectivity index (χ2n) is 5.47. The molecule has 148 valence electrons. The van der Waals surface area contributed by atoms with Gasteiger partial charge in [-0.15, -0.1) is 0 Å². The normalized spacial score (nSPS) is 13.4. The van der Waals surface area contributed by atoms with Gasteiger partial charge in [0.1, 0.15) is 16.6 Å². The van der Waals surface area contributed by atoms with Crippen LogP contribution in [0.4, 0.5) is 23.2 Å². The van der Waals surface area contributed by atoms with Gasteiger partial charge in [-0.1, -0.05) is 11.6 Å². The van der Waals surface area contributed by atoms with E-state index in [2.05, 4.69) is 10.3 Å². The molecule has 2 aromatic heterocycles. The van der Waals surface area contributed by atoms with Crippen LogP contribution in [0.2, 0.25) is 5.02 Å². The predicted octanol–water partition coefficient (Wildman–Crippen LogP) is 2.69. The van der Waals surface area contributed by atoms with E-state index in [1.165, 1.54) is 17.8 Å². The Morgan fingerprint density at radius 2 is 2.00 bits per heavy atom. The van der Waals surface area contributed by atoms with E-state index in [1.54, 1.807) is 0 Å². The summed E-state index contributed by atoms with van der Waals surface area (Å²) in [5.74, 6) is -1.75. The van der Waals surface area contributed by atoms with Crippen molar-refractivity contribution in [1.29, 1.82) is 0 Å². The molecule has 1 unspecified atom stereocenters. The number of carbonyl (C=O) groups is 1. The summed E-state index contributed by atoms with van der Waals surface area (Å²) in [7, 11) is -3.38. The molecule has 0 saturated heterocycles. The molecule has 27 heavy (non-hydrogen) atoms. The summed E-state index contributed by atoms with van der Waals surface area (Å²) in [6.45, 7) is 0.625. The first-order valence-corrected chi connectivity index (χ1v) is 9.06. The first-order valence-electron chi connectivity index (χ1n) is 7.19. The predicted molar refractivity (Wildman–Crippen MR) is 88.4 cm³/mol. The minimum Gasteiger partial charge on any atom is -0.344 e. The Balaban J connectivity index is 2.34. The monoisotopic (exact) mass is 428 g/mol. The lowest BCUT2D eigenvalue weighted by Crippen LogP contribution is -2.42. The van der Waals surface area contributed by atoms with Crippen molar-refractivity contribution in [3.63, 3.8) is 0 Å². The van der Waals surface area contributed by atoms with Crippen molar-refractivity contribution in [3.8, 4) is 0 Å². The molecular weight excluding hydrogens is 416 g/mol. The third-order valence-electron chi connectivity index (χ3n) is 3.40. The molecule has 0 fully saturated rings. The molecule has 0 saturated carbocycles. The Morgan fingerprint density at radius 1 is 1.37 bits per heavy atom. The van der Waals surface area contributed by atoms with Crippen molar-refractivity contribution in [2.45, 2.75) is 24.0 Å². The number of anilines is 1. The van der Waals surface area contributed by atoms with Crippen LogP contribution in [0.5, 0.6) is 0 Å². The molecule has 13 heteroatoms. The second-order valence-corrected chi connectivity index (χ2v) is 7.53. The van der Waals surface area contributed by atoms with E-state index in [-0.39, 0.29) is 11.4 Å². The number of aryl methyl sites for hydroxylation is 1. The van der Waals surface area contributed by atoms with E-state index in [0.29, 0.717) is 6.92 Å². The summed E-state index contributed by atoms with van der Waals surface area (Å²) in [6, 6.07) is -0.170. The first-order chi connectivity index (χ1) is 12.3. The second kappa shape index (κ2) is 7.44. The maximum atomic E-state index is 13.1. The highest BCUT2D eigenvalue weighted by Gasteiger charge is 2.40. The standard InChI is InChI=1S/C14H13ClF4N4O3S/c1-7(14(17,18)19)22-27(25,26)9-6-23(2)12(11(9)15)13(24)21-8-3-4-20-10(16)5-8/h3-7,22H,1-2H3,(H,20,21,24). The summed E-state index contributed by atoms with van der Waals surface area (Å²) in [5.41, 5.74) is -0.313. The van der Waals surface area contributed by atoms with Gasteiger partial charge in [0, 0.05) is 31.2 Å². The largest absolute Gasteiger partial charge is 0.404 e. The van der Waals surface area contributed by atoms with Gasteiger partial charge in [-0.05, 0) is 13.0 Å². The highest BCUT2D eigenvalue weighted by atomic mass is 35.5. The van der Waals surface area contributed by atoms with Crippen LogP contribution < -0.4 is 10.0 Å². The van der Waals surface area contributed by atoms with Gasteiger partial charge in [0.25, 0.3) is 5.91 Å². The molecular formula is C14H13ClF4N4O3S. The first kappa shape index (κ1) is 21.1. The van der Waals surface area contributed by atoms with Crippen molar-refractivity contribution in [3.05, 3.63) is 41.2 Å². The molecule has 2 N–H and O–H groups in total. The molecule has 0 aliphatic heterocycles. The highest BCUT2D eigenvalue weighted by molar-refractivity contribution is 7.89. The lowest BCUT2D eigenvalue weighted by molar-refractivity contribution is -0.147. The molecule has 2 aromatic rings. The molecule has 0 spiro atoms. The Bertz CT molecular complexity index is 975. The zero-order valence-corrected chi connectivity index (χ0v) is 15.4. The maximum absolute atomic E-state index is 13.1. The van der Waals surface area contributed by atoms with Gasteiger partial charge in [-0.25, -0.2) is 13.4 Å². The Kier molecular flexibility index (Phi) is 5.82. The number of nitrogens with one attached hydrogen (secondary N) is 2. The average molecular weight is 429 g/mol. The van der Waals surface area contributed by atoms with E-state index in [9.17, 15) is 30.8 Å². The molecule has 0 aliphatic carbocycles. The third-order valence-corrected chi connectivity index (χ3v) is 5.45. The van der Waals surface area contributed by atoms with Crippen LogP contribution in [0.15, 0.2) is 29.4 Å². The minimum absolute atomic E-state index is 0.0259. The number of nitrogens with zero attached hydrogens (tertiary/aromatic N) is 2. The molecule has 1 atom stereocenters. The Hall–Kier alpha value is -2.18. The highest BCUT2D eigenvalue weighted by Crippen LogP contribution is 2.29. The number of aromatic nitrogens is 2. The fourth-order valence-electron chi connectivity index (χ4n) is 2.05. The number of sulfonamides is 1. The molecule has 0 aromatic carbocycles. The third kappa shape index (κ3) is 4.76. The van der Waals surface area contributed by atoms with Gasteiger partial charge in [0.05, 0.1) is 5.02 Å². The molecule has 7 nitrogen and oxygen atoms in total. The van der Waals surface area contributed by atoms with Crippen LogP contribution in [-0.2, 0) is 17.1 Å². The van der Waals surface area contributed by atoms with E-state index in [0.717, 1.165) is 23.0 Å². The van der Waals surface area contributed by atoms with E-state index in [1.807, 2.05) is 0 Å². The smallest absolute Gasteiger partial charge is 0.344 e. The Morgan fingerprint density at radius 3 is 2.56 bits per heavy atom. The zero-order valence-electron chi connectivity index (χ0n) is 13.8. The van der Waals surface area contributed by atoms with Crippen LogP contribution in [0.1, 0.15) is 17.4 Å². The number of pyridine rings is 1. The van der Waals surface area contributed by atoms with Gasteiger partial charge in [-0.3, -0.25) is 4.79 Å². The number of hydrogen-bond donors (Lipinski definition) is 2. The maximum Gasteiger partial charge on any atom is 0.404 e. The van der Waals surface area contributed by atoms with Crippen LogP contribution in [0, 0.1) is 5.95 Å². The number of hydrogen-bond acceptors (Lipinski definition) is 4. The summed E-state index contributed by atoms with van der Waals surface area (Å²) in [5, 5.41) is 1.71. The lowest BCUT2D eigenvalue weighted by atomic mass is 10.3. The van der Waals surface area contributed by atoms with Gasteiger partial charge in [0.2, 0.25) is 16.0 Å². The molecule has 2 heterocycles. The van der Waals surface area contributed by atoms with Crippen LogP contribution in [0.25, 0.3) is 0 Å². The van der Waals surface area contributed by atoms with Crippen LogP contribution in [0.3, 0.4) is 0 Å². The van der Waals surface area contributed by atoms with E-state index < -0.39 is 44.0 Å². The lowest BCUT2D eigenvalue weighted by Gasteiger charge is -2.16. The van der Waals surface area contributed by atoms with Gasteiger partial charge in [0.15, 0.2) is 0 Å². The molecule has 0 radical (unpaired) electrons. The fourth-order valence-corrected chi connectivity index (χ4v) is 3.98. The van der Waals surface area contributed by atoms with E-state index in [4.69, 9.17) is 11.6 Å². The Labute approximate surface area is 156 Å². The molecule has 0 bridgehead atoms. The molecule has 2 rings (SSSR count). The minimum atomic E-state index is -4.81. The number of carbonyl (C=O) groups excluding carboxylic acids is 1. The van der Waals surface area contributed by atoms with Crippen molar-refractivity contribution in [2.24, 2.45) is 7.05 Å². The van der Waals surface area contributed by atoms with Gasteiger partial charge < -0.3 is 9.88 Å². The van der Waals surface area contributed by atoms with Gasteiger partial charge in [-0.2, -0.15) is 22.3 Å². The van der Waals surface area contributed by atoms with Crippen LogP contribution >= 0.6 is 11.6 Å². The summed E-state index contributed by atoms with van der Waals surface area (Å²) in [6.07, 6.45) is -2.81. The summed E-state index contributed by atoms with van der Waals surface area (Å²) < 4.78 is 77.8. The fraction of sp³-hybridized carbons (Fsp3) is 0.286. The van der Waals surface area contributed by atoms with Crippen molar-refractivity contribution >= 4 is 33.2 Å². The summed E-state index contributed by atoms with van der Waals surface area (Å²) >= 11 is 5.94. The number of halogens is 5. The molecule has 1 amide bonds. The quantitative estimate of drug-likeness (QED) is 0.565. The zero-order chi connectivity index (χ0) is 20.6. The van der Waals surface area contributed by atoms with Gasteiger partial charge >= 0.3 is 6.18 Å². The SMILES string of the molecule is CC(NS(=O)(=O)c1cn(C)c(C(=O)Nc2ccnc(F)c2)c1Cl)C(F)(F)F. The van der Waals surface area contributed by atoms with Crippen LogP contribution in [-0.4, -0.2) is 36.1 Å². The topological polar surface area (TPSA) is 93.1 Å². The number of amides is 1. The van der Waals surface area contributed by atoms with E-state index >= 15 is 0 Å². The number of rotatable bonds is 5. The molecule has 0 aliphatic rings. The average Bonchev–Trinajstić information content (AvgIpc) is 2.81. The van der Waals surface area contributed by atoms with Crippen molar-refractivity contribution in [2.75, 3.05) is 5.32 Å². The van der Waals surface area contributed by atoms with Crippen molar-refractivity contribution in [1.82, 2.24) is 14.3 Å². The summed E-state index contributed by atoms with van der Waals surface area (Å²) in [4.78, 5) is 14.9.